The summed E-state index contributed by atoms with van der Waals surface area (Å²) in [6.07, 6.45) is -0.391. The maximum Gasteiger partial charge on any atom is 0.223 e. The Morgan fingerprint density at radius 3 is 2.68 bits per heavy atom. The summed E-state index contributed by atoms with van der Waals surface area (Å²) in [5.74, 6) is 0.499. The molecule has 0 radical (unpaired) electrons. The number of amides is 1. The third-order valence-electron chi connectivity index (χ3n) is 2.46. The van der Waals surface area contributed by atoms with Gasteiger partial charge in [0.05, 0.1) is 19.1 Å². The standard InChI is InChI=1S/C14H20ClNO3/c1-9(2)16-14(18)6-7-19-13-5-4-11(15)8-12(13)10(3)17/h4-5,8-10,17H,6-7H2,1-3H3,(H,16,18). The molecular weight excluding hydrogens is 266 g/mol. The molecule has 0 aliphatic carbocycles. The van der Waals surface area contributed by atoms with Crippen LogP contribution in [0.15, 0.2) is 18.2 Å². The fourth-order valence-corrected chi connectivity index (χ4v) is 1.81. The lowest BCUT2D eigenvalue weighted by Crippen LogP contribution is -2.31. The number of hydrogen-bond acceptors (Lipinski definition) is 3. The van der Waals surface area contributed by atoms with Crippen LogP contribution in [0.1, 0.15) is 38.9 Å². The maximum atomic E-state index is 11.5. The Morgan fingerprint density at radius 2 is 2.11 bits per heavy atom. The quantitative estimate of drug-likeness (QED) is 0.845. The van der Waals surface area contributed by atoms with Crippen molar-refractivity contribution in [1.82, 2.24) is 5.32 Å². The van der Waals surface area contributed by atoms with Gasteiger partial charge in [0.2, 0.25) is 5.91 Å². The third kappa shape index (κ3) is 5.49. The summed E-state index contributed by atoms with van der Waals surface area (Å²) in [6, 6.07) is 5.17. The van der Waals surface area contributed by atoms with E-state index in [2.05, 4.69) is 5.32 Å². The summed E-state index contributed by atoms with van der Waals surface area (Å²) >= 11 is 5.87. The molecule has 5 heteroatoms. The number of halogens is 1. The van der Waals surface area contributed by atoms with E-state index in [1.807, 2.05) is 13.8 Å². The molecule has 1 atom stereocenters. The first-order valence-electron chi connectivity index (χ1n) is 6.30. The Morgan fingerprint density at radius 1 is 1.42 bits per heavy atom. The van der Waals surface area contributed by atoms with Gasteiger partial charge < -0.3 is 15.2 Å². The molecular formula is C14H20ClNO3. The Labute approximate surface area is 118 Å². The van der Waals surface area contributed by atoms with Gasteiger partial charge in [0.25, 0.3) is 0 Å². The molecule has 2 N–H and O–H groups in total. The fourth-order valence-electron chi connectivity index (χ4n) is 1.63. The van der Waals surface area contributed by atoms with E-state index in [4.69, 9.17) is 16.3 Å². The Balaban J connectivity index is 2.56. The molecule has 0 bridgehead atoms. The topological polar surface area (TPSA) is 58.6 Å². The van der Waals surface area contributed by atoms with Crippen LogP contribution in [-0.4, -0.2) is 23.7 Å². The Bertz CT molecular complexity index is 433. The highest BCUT2D eigenvalue weighted by molar-refractivity contribution is 6.30. The number of aliphatic hydroxyl groups excluding tert-OH is 1. The van der Waals surface area contributed by atoms with Crippen molar-refractivity contribution in [3.8, 4) is 5.75 Å². The maximum absolute atomic E-state index is 11.5. The number of aliphatic hydroxyl groups is 1. The smallest absolute Gasteiger partial charge is 0.223 e. The van der Waals surface area contributed by atoms with Gasteiger partial charge in [0.1, 0.15) is 5.75 Å². The van der Waals surface area contributed by atoms with Crippen molar-refractivity contribution in [2.24, 2.45) is 0 Å². The molecule has 0 saturated carbocycles. The molecule has 106 valence electrons. The first kappa shape index (κ1) is 15.8. The van der Waals surface area contributed by atoms with Crippen molar-refractivity contribution in [3.05, 3.63) is 28.8 Å². The number of benzene rings is 1. The molecule has 1 rings (SSSR count). The van der Waals surface area contributed by atoms with Crippen LogP contribution in [0.3, 0.4) is 0 Å². The first-order chi connectivity index (χ1) is 8.90. The second kappa shape index (κ2) is 7.36. The van der Waals surface area contributed by atoms with Gasteiger partial charge in [-0.25, -0.2) is 0 Å². The van der Waals surface area contributed by atoms with E-state index in [1.165, 1.54) is 0 Å². The van der Waals surface area contributed by atoms with Gasteiger partial charge in [-0.05, 0) is 39.0 Å². The lowest BCUT2D eigenvalue weighted by Gasteiger charge is -2.14. The number of carbonyl (C=O) groups is 1. The van der Waals surface area contributed by atoms with Crippen LogP contribution in [0, 0.1) is 0 Å². The van der Waals surface area contributed by atoms with Gasteiger partial charge in [-0.1, -0.05) is 11.6 Å². The van der Waals surface area contributed by atoms with E-state index in [9.17, 15) is 9.90 Å². The normalized spacial score (nSPS) is 12.3. The predicted octanol–water partition coefficient (Wildman–Crippen LogP) is 2.69. The van der Waals surface area contributed by atoms with Crippen LogP contribution in [0.25, 0.3) is 0 Å². The highest BCUT2D eigenvalue weighted by atomic mass is 35.5. The zero-order valence-electron chi connectivity index (χ0n) is 11.4. The molecule has 0 aliphatic heterocycles. The monoisotopic (exact) mass is 285 g/mol. The van der Waals surface area contributed by atoms with E-state index in [-0.39, 0.29) is 25.0 Å². The molecule has 0 saturated heterocycles. The summed E-state index contributed by atoms with van der Waals surface area (Å²) in [5.41, 5.74) is 0.622. The number of rotatable bonds is 6. The lowest BCUT2D eigenvalue weighted by atomic mass is 10.1. The summed E-state index contributed by atoms with van der Waals surface area (Å²) in [7, 11) is 0. The van der Waals surface area contributed by atoms with E-state index in [0.29, 0.717) is 16.3 Å². The van der Waals surface area contributed by atoms with Crippen molar-refractivity contribution < 1.29 is 14.6 Å². The van der Waals surface area contributed by atoms with Gasteiger partial charge in [-0.3, -0.25) is 4.79 Å². The minimum Gasteiger partial charge on any atom is -0.493 e. The van der Waals surface area contributed by atoms with Gasteiger partial charge in [0, 0.05) is 16.6 Å². The zero-order valence-corrected chi connectivity index (χ0v) is 12.2. The second-order valence-electron chi connectivity index (χ2n) is 4.68. The summed E-state index contributed by atoms with van der Waals surface area (Å²) in [5, 5.41) is 13.0. The van der Waals surface area contributed by atoms with Crippen molar-refractivity contribution >= 4 is 17.5 Å². The van der Waals surface area contributed by atoms with Gasteiger partial charge >= 0.3 is 0 Å². The van der Waals surface area contributed by atoms with E-state index < -0.39 is 6.10 Å². The summed E-state index contributed by atoms with van der Waals surface area (Å²) in [6.45, 7) is 5.72. The first-order valence-corrected chi connectivity index (χ1v) is 6.67. The lowest BCUT2D eigenvalue weighted by molar-refractivity contribution is -0.122. The molecule has 19 heavy (non-hydrogen) atoms. The Kier molecular flexibility index (Phi) is 6.12. The van der Waals surface area contributed by atoms with Crippen LogP contribution >= 0.6 is 11.6 Å². The van der Waals surface area contributed by atoms with E-state index in [0.717, 1.165) is 0 Å². The highest BCUT2D eigenvalue weighted by Gasteiger charge is 2.11. The van der Waals surface area contributed by atoms with Crippen molar-refractivity contribution in [2.75, 3.05) is 6.61 Å². The molecule has 0 aromatic heterocycles. The largest absolute Gasteiger partial charge is 0.493 e. The van der Waals surface area contributed by atoms with Crippen LogP contribution in [0.5, 0.6) is 5.75 Å². The van der Waals surface area contributed by atoms with Crippen LogP contribution in [-0.2, 0) is 4.79 Å². The molecule has 1 aromatic rings. The van der Waals surface area contributed by atoms with Crippen LogP contribution in [0.2, 0.25) is 5.02 Å². The fraction of sp³-hybridized carbons (Fsp3) is 0.500. The van der Waals surface area contributed by atoms with Crippen molar-refractivity contribution in [1.29, 1.82) is 0 Å². The van der Waals surface area contributed by atoms with Crippen molar-refractivity contribution in [3.63, 3.8) is 0 Å². The number of nitrogens with one attached hydrogen (secondary N) is 1. The molecule has 0 aliphatic rings. The predicted molar refractivity (Wildman–Crippen MR) is 75.5 cm³/mol. The number of hydrogen-bond donors (Lipinski definition) is 2. The van der Waals surface area contributed by atoms with E-state index in [1.54, 1.807) is 25.1 Å². The van der Waals surface area contributed by atoms with Gasteiger partial charge in [0.15, 0.2) is 0 Å². The molecule has 0 fully saturated rings. The van der Waals surface area contributed by atoms with Crippen LogP contribution < -0.4 is 10.1 Å². The summed E-state index contributed by atoms with van der Waals surface area (Å²) < 4.78 is 5.53. The minimum absolute atomic E-state index is 0.0532. The molecule has 0 heterocycles. The highest BCUT2D eigenvalue weighted by Crippen LogP contribution is 2.28. The Hall–Kier alpha value is -1.26. The minimum atomic E-state index is -0.668. The molecule has 1 aromatic carbocycles. The summed E-state index contributed by atoms with van der Waals surface area (Å²) in [4.78, 5) is 11.5. The average Bonchev–Trinajstić information content (AvgIpc) is 2.29. The van der Waals surface area contributed by atoms with Crippen molar-refractivity contribution in [2.45, 2.75) is 39.3 Å². The van der Waals surface area contributed by atoms with E-state index >= 15 is 0 Å². The number of ether oxygens (including phenoxy) is 1. The molecule has 1 amide bonds. The average molecular weight is 286 g/mol. The van der Waals surface area contributed by atoms with Crippen LogP contribution in [0.4, 0.5) is 0 Å². The van der Waals surface area contributed by atoms with Gasteiger partial charge in [-0.2, -0.15) is 0 Å². The number of carbonyl (C=O) groups excluding carboxylic acids is 1. The molecule has 0 spiro atoms. The van der Waals surface area contributed by atoms with Gasteiger partial charge in [-0.15, -0.1) is 0 Å². The molecule has 1 unspecified atom stereocenters. The SMILES string of the molecule is CC(C)NC(=O)CCOc1ccc(Cl)cc1C(C)O. The second-order valence-corrected chi connectivity index (χ2v) is 5.12. The third-order valence-corrected chi connectivity index (χ3v) is 2.69. The zero-order chi connectivity index (χ0) is 14.4. The molecule has 4 nitrogen and oxygen atoms in total.